The Bertz CT molecular complexity index is 498. The van der Waals surface area contributed by atoms with Crippen LogP contribution in [0.15, 0.2) is 12.1 Å². The van der Waals surface area contributed by atoms with E-state index in [0.29, 0.717) is 11.8 Å². The third kappa shape index (κ3) is 4.90. The van der Waals surface area contributed by atoms with E-state index in [0.717, 1.165) is 31.4 Å². The van der Waals surface area contributed by atoms with Gasteiger partial charge in [0, 0.05) is 24.6 Å². The first kappa shape index (κ1) is 17.6. The van der Waals surface area contributed by atoms with Crippen molar-refractivity contribution in [3.8, 4) is 5.88 Å². The summed E-state index contributed by atoms with van der Waals surface area (Å²) in [6.07, 6.45) is 3.65. The van der Waals surface area contributed by atoms with Gasteiger partial charge in [0.25, 0.3) is 0 Å². The molecule has 1 aromatic rings. The van der Waals surface area contributed by atoms with Crippen LogP contribution in [0.25, 0.3) is 0 Å². The maximum atomic E-state index is 5.87. The van der Waals surface area contributed by atoms with E-state index < -0.39 is 0 Å². The Labute approximate surface area is 145 Å². The highest BCUT2D eigenvalue weighted by molar-refractivity contribution is 5.16. The predicted octanol–water partition coefficient (Wildman–Crippen LogP) is 2.90. The second-order valence-electron chi connectivity index (χ2n) is 8.29. The normalized spacial score (nSPS) is 23.5. The third-order valence-corrected chi connectivity index (χ3v) is 5.12. The van der Waals surface area contributed by atoms with Gasteiger partial charge in [-0.15, -0.1) is 5.10 Å². The Hall–Kier alpha value is -1.20. The van der Waals surface area contributed by atoms with Crippen LogP contribution in [0.3, 0.4) is 0 Å². The van der Waals surface area contributed by atoms with E-state index in [4.69, 9.17) is 9.47 Å². The molecule has 0 radical (unpaired) electrons. The first-order chi connectivity index (χ1) is 11.5. The highest BCUT2D eigenvalue weighted by atomic mass is 16.5. The molecule has 0 N–H and O–H groups in total. The van der Waals surface area contributed by atoms with Crippen LogP contribution in [0.5, 0.6) is 5.88 Å². The second-order valence-corrected chi connectivity index (χ2v) is 8.29. The van der Waals surface area contributed by atoms with Crippen LogP contribution in [-0.2, 0) is 10.2 Å². The molecule has 2 aliphatic heterocycles. The van der Waals surface area contributed by atoms with E-state index in [2.05, 4.69) is 35.9 Å². The molecule has 1 aromatic heterocycles. The lowest BCUT2D eigenvalue weighted by molar-refractivity contribution is 0.118. The van der Waals surface area contributed by atoms with Crippen molar-refractivity contribution in [1.82, 2.24) is 15.1 Å². The second kappa shape index (κ2) is 7.79. The number of likely N-dealkylation sites (tertiary alicyclic amines) is 1. The van der Waals surface area contributed by atoms with Crippen molar-refractivity contribution in [2.24, 2.45) is 11.8 Å². The Kier molecular flexibility index (Phi) is 5.72. The number of piperidine rings is 1. The van der Waals surface area contributed by atoms with Crippen molar-refractivity contribution in [2.45, 2.75) is 45.4 Å². The molecule has 0 spiro atoms. The first-order valence-electron chi connectivity index (χ1n) is 9.28. The monoisotopic (exact) mass is 333 g/mol. The molecule has 0 amide bonds. The van der Waals surface area contributed by atoms with Crippen LogP contribution >= 0.6 is 0 Å². The van der Waals surface area contributed by atoms with Crippen molar-refractivity contribution < 1.29 is 9.47 Å². The molecule has 2 aliphatic rings. The summed E-state index contributed by atoms with van der Waals surface area (Å²) in [6.45, 7) is 12.6. The maximum Gasteiger partial charge on any atom is 0.233 e. The van der Waals surface area contributed by atoms with Gasteiger partial charge in [-0.05, 0) is 50.3 Å². The van der Waals surface area contributed by atoms with Gasteiger partial charge in [0.1, 0.15) is 0 Å². The lowest BCUT2D eigenvalue weighted by Gasteiger charge is -2.33. The van der Waals surface area contributed by atoms with Crippen LogP contribution in [-0.4, -0.2) is 54.6 Å². The topological polar surface area (TPSA) is 47.5 Å². The van der Waals surface area contributed by atoms with E-state index in [1.165, 1.54) is 38.9 Å². The molecular formula is C19H31N3O2. The van der Waals surface area contributed by atoms with Gasteiger partial charge in [-0.25, -0.2) is 0 Å². The van der Waals surface area contributed by atoms with Crippen LogP contribution in [0.2, 0.25) is 0 Å². The zero-order chi connectivity index (χ0) is 17.0. The summed E-state index contributed by atoms with van der Waals surface area (Å²) in [6, 6.07) is 3.97. The van der Waals surface area contributed by atoms with E-state index in [1.54, 1.807) is 0 Å². The van der Waals surface area contributed by atoms with Crippen molar-refractivity contribution >= 4 is 0 Å². The first-order valence-corrected chi connectivity index (χ1v) is 9.28. The molecular weight excluding hydrogens is 302 g/mol. The molecule has 2 fully saturated rings. The third-order valence-electron chi connectivity index (χ3n) is 5.12. The summed E-state index contributed by atoms with van der Waals surface area (Å²) < 4.78 is 11.3. The molecule has 2 saturated heterocycles. The van der Waals surface area contributed by atoms with Crippen molar-refractivity contribution in [3.63, 3.8) is 0 Å². The lowest BCUT2D eigenvalue weighted by Crippen LogP contribution is -2.38. The highest BCUT2D eigenvalue weighted by Crippen LogP contribution is 2.23. The highest BCUT2D eigenvalue weighted by Gasteiger charge is 2.24. The van der Waals surface area contributed by atoms with Gasteiger partial charge in [0.15, 0.2) is 0 Å². The standard InChI is InChI=1S/C19H31N3O2/c1-19(2,3)17-4-5-18(21-20-17)24-14-15-6-9-22(10-7-15)12-16-8-11-23-13-16/h4-5,15-16H,6-14H2,1-3H3. The summed E-state index contributed by atoms with van der Waals surface area (Å²) >= 11 is 0. The van der Waals surface area contributed by atoms with Crippen LogP contribution in [0.4, 0.5) is 0 Å². The number of nitrogens with zero attached hydrogens (tertiary/aromatic N) is 3. The number of rotatable bonds is 5. The average Bonchev–Trinajstić information content (AvgIpc) is 3.07. The molecule has 1 atom stereocenters. The van der Waals surface area contributed by atoms with Crippen LogP contribution in [0.1, 0.15) is 45.7 Å². The largest absolute Gasteiger partial charge is 0.476 e. The summed E-state index contributed by atoms with van der Waals surface area (Å²) in [7, 11) is 0. The van der Waals surface area contributed by atoms with Gasteiger partial charge < -0.3 is 14.4 Å². The summed E-state index contributed by atoms with van der Waals surface area (Å²) in [5.41, 5.74) is 1.03. The SMILES string of the molecule is CC(C)(C)c1ccc(OCC2CCN(CC3CCOC3)CC2)nn1. The zero-order valence-electron chi connectivity index (χ0n) is 15.3. The Balaban J connectivity index is 1.38. The molecule has 5 nitrogen and oxygen atoms in total. The molecule has 0 saturated carbocycles. The minimum atomic E-state index is 0.0305. The fourth-order valence-electron chi connectivity index (χ4n) is 3.43. The molecule has 0 aliphatic carbocycles. The summed E-state index contributed by atoms with van der Waals surface area (Å²) in [4.78, 5) is 2.59. The maximum absolute atomic E-state index is 5.87. The molecule has 5 heteroatoms. The minimum Gasteiger partial charge on any atom is -0.476 e. The molecule has 24 heavy (non-hydrogen) atoms. The molecule has 0 aromatic carbocycles. The van der Waals surface area contributed by atoms with Gasteiger partial charge in [-0.1, -0.05) is 20.8 Å². The Morgan fingerprint density at radius 3 is 2.50 bits per heavy atom. The predicted molar refractivity (Wildman–Crippen MR) is 94.3 cm³/mol. The number of ether oxygens (including phenoxy) is 2. The van der Waals surface area contributed by atoms with Crippen molar-refractivity contribution in [3.05, 3.63) is 17.8 Å². The van der Waals surface area contributed by atoms with Crippen LogP contribution < -0.4 is 4.74 Å². The number of hydrogen-bond acceptors (Lipinski definition) is 5. The van der Waals surface area contributed by atoms with E-state index in [9.17, 15) is 0 Å². The van der Waals surface area contributed by atoms with Crippen LogP contribution in [0, 0.1) is 11.8 Å². The molecule has 134 valence electrons. The lowest BCUT2D eigenvalue weighted by atomic mass is 9.92. The Morgan fingerprint density at radius 2 is 1.92 bits per heavy atom. The van der Waals surface area contributed by atoms with Crippen molar-refractivity contribution in [2.75, 3.05) is 39.5 Å². The van der Waals surface area contributed by atoms with Crippen molar-refractivity contribution in [1.29, 1.82) is 0 Å². The van der Waals surface area contributed by atoms with Gasteiger partial charge in [-0.2, -0.15) is 5.10 Å². The summed E-state index contributed by atoms with van der Waals surface area (Å²) in [5.74, 6) is 2.02. The molecule has 3 heterocycles. The van der Waals surface area contributed by atoms with Gasteiger partial charge in [0.05, 0.1) is 18.9 Å². The zero-order valence-corrected chi connectivity index (χ0v) is 15.3. The Morgan fingerprint density at radius 1 is 1.12 bits per heavy atom. The smallest absolute Gasteiger partial charge is 0.233 e. The molecule has 1 unspecified atom stereocenters. The quantitative estimate of drug-likeness (QED) is 0.829. The van der Waals surface area contributed by atoms with Gasteiger partial charge >= 0.3 is 0 Å². The summed E-state index contributed by atoms with van der Waals surface area (Å²) in [5, 5.41) is 8.50. The van der Waals surface area contributed by atoms with Gasteiger partial charge in [-0.3, -0.25) is 0 Å². The number of hydrogen-bond donors (Lipinski definition) is 0. The van der Waals surface area contributed by atoms with E-state index in [-0.39, 0.29) is 5.41 Å². The average molecular weight is 333 g/mol. The number of aromatic nitrogens is 2. The fraction of sp³-hybridized carbons (Fsp3) is 0.789. The van der Waals surface area contributed by atoms with E-state index in [1.807, 2.05) is 12.1 Å². The van der Waals surface area contributed by atoms with E-state index >= 15 is 0 Å². The minimum absolute atomic E-state index is 0.0305. The molecule has 0 bridgehead atoms. The fourth-order valence-corrected chi connectivity index (χ4v) is 3.43. The molecule has 3 rings (SSSR count). The van der Waals surface area contributed by atoms with Gasteiger partial charge in [0.2, 0.25) is 5.88 Å².